The van der Waals surface area contributed by atoms with Crippen LogP contribution < -0.4 is 5.32 Å². The molecule has 0 aromatic heterocycles. The van der Waals surface area contributed by atoms with E-state index in [1.807, 2.05) is 30.3 Å². The first-order valence-corrected chi connectivity index (χ1v) is 6.29. The lowest BCUT2D eigenvalue weighted by Gasteiger charge is -2.26. The molecule has 0 aliphatic heterocycles. The number of alkyl halides is 3. The maximum atomic E-state index is 12.2. The minimum atomic E-state index is -4.09. The highest BCUT2D eigenvalue weighted by Gasteiger charge is 2.28. The molecule has 19 heavy (non-hydrogen) atoms. The van der Waals surface area contributed by atoms with Crippen molar-refractivity contribution in [2.45, 2.75) is 37.6 Å². The Kier molecular flexibility index (Phi) is 6.31. The molecule has 0 aliphatic rings. The summed E-state index contributed by atoms with van der Waals surface area (Å²) >= 11 is 0. The molecule has 1 N–H and O–H groups in total. The van der Waals surface area contributed by atoms with Gasteiger partial charge in [-0.1, -0.05) is 30.3 Å². The number of methoxy groups -OCH3 is 1. The van der Waals surface area contributed by atoms with E-state index in [1.54, 1.807) is 14.2 Å². The monoisotopic (exact) mass is 275 g/mol. The van der Waals surface area contributed by atoms with Crippen LogP contribution in [0.5, 0.6) is 0 Å². The summed E-state index contributed by atoms with van der Waals surface area (Å²) in [6, 6.07) is 9.39. The average Bonchev–Trinajstić information content (AvgIpc) is 2.37. The second-order valence-corrected chi connectivity index (χ2v) is 4.47. The number of nitrogens with one attached hydrogen (secondary N) is 1. The quantitative estimate of drug-likeness (QED) is 0.819. The lowest BCUT2D eigenvalue weighted by atomic mass is 9.97. The van der Waals surface area contributed by atoms with Gasteiger partial charge in [0.2, 0.25) is 0 Å². The highest BCUT2D eigenvalue weighted by atomic mass is 19.4. The zero-order valence-corrected chi connectivity index (χ0v) is 11.2. The van der Waals surface area contributed by atoms with Crippen LogP contribution >= 0.6 is 0 Å². The molecule has 0 heterocycles. The molecule has 5 heteroatoms. The van der Waals surface area contributed by atoms with Crippen molar-refractivity contribution >= 4 is 0 Å². The predicted molar refractivity (Wildman–Crippen MR) is 68.9 cm³/mol. The molecule has 1 aromatic rings. The molecule has 0 spiro atoms. The fraction of sp³-hybridized carbons (Fsp3) is 0.571. The van der Waals surface area contributed by atoms with Crippen molar-refractivity contribution in [3.8, 4) is 0 Å². The van der Waals surface area contributed by atoms with Gasteiger partial charge in [0.05, 0.1) is 6.10 Å². The highest BCUT2D eigenvalue weighted by Crippen LogP contribution is 2.27. The molecule has 2 nitrogen and oxygen atoms in total. The Morgan fingerprint density at radius 2 is 1.84 bits per heavy atom. The second kappa shape index (κ2) is 7.50. The smallest absolute Gasteiger partial charge is 0.375 e. The van der Waals surface area contributed by atoms with Gasteiger partial charge >= 0.3 is 6.18 Å². The Hall–Kier alpha value is -1.07. The summed E-state index contributed by atoms with van der Waals surface area (Å²) in [6.45, 7) is 0. The SMILES string of the molecule is CNC(CCCC(F)(F)F)C(OC)c1ccccc1. The lowest BCUT2D eigenvalue weighted by Crippen LogP contribution is -2.33. The summed E-state index contributed by atoms with van der Waals surface area (Å²) in [7, 11) is 3.32. The fourth-order valence-corrected chi connectivity index (χ4v) is 2.14. The first-order valence-electron chi connectivity index (χ1n) is 6.29. The molecule has 0 aliphatic carbocycles. The Morgan fingerprint density at radius 3 is 2.32 bits per heavy atom. The predicted octanol–water partition coefficient (Wildman–Crippen LogP) is 3.69. The minimum absolute atomic E-state index is 0.0989. The van der Waals surface area contributed by atoms with Crippen LogP contribution in [0.2, 0.25) is 0 Å². The zero-order chi connectivity index (χ0) is 14.3. The van der Waals surface area contributed by atoms with E-state index in [9.17, 15) is 13.2 Å². The Morgan fingerprint density at radius 1 is 1.21 bits per heavy atom. The molecule has 0 radical (unpaired) electrons. The minimum Gasteiger partial charge on any atom is -0.375 e. The number of ether oxygens (including phenoxy) is 1. The van der Waals surface area contributed by atoms with Crippen LogP contribution in [0.1, 0.15) is 30.9 Å². The van der Waals surface area contributed by atoms with Gasteiger partial charge in [-0.05, 0) is 25.5 Å². The molecule has 108 valence electrons. The van der Waals surface area contributed by atoms with Crippen LogP contribution in [0.15, 0.2) is 30.3 Å². The number of hydrogen-bond donors (Lipinski definition) is 1. The van der Waals surface area contributed by atoms with Crippen LogP contribution in [0.25, 0.3) is 0 Å². The van der Waals surface area contributed by atoms with Crippen molar-refractivity contribution in [3.05, 3.63) is 35.9 Å². The number of hydrogen-bond acceptors (Lipinski definition) is 2. The van der Waals surface area contributed by atoms with E-state index < -0.39 is 12.6 Å². The molecule has 0 saturated carbocycles. The van der Waals surface area contributed by atoms with Crippen LogP contribution in [0.3, 0.4) is 0 Å². The van der Waals surface area contributed by atoms with Crippen molar-refractivity contribution in [1.82, 2.24) is 5.32 Å². The molecule has 2 atom stereocenters. The number of halogens is 3. The average molecular weight is 275 g/mol. The molecule has 1 rings (SSSR count). The second-order valence-electron chi connectivity index (χ2n) is 4.47. The van der Waals surface area contributed by atoms with Crippen molar-refractivity contribution in [2.75, 3.05) is 14.2 Å². The van der Waals surface area contributed by atoms with Crippen LogP contribution in [-0.2, 0) is 4.74 Å². The number of benzene rings is 1. The van der Waals surface area contributed by atoms with E-state index in [0.717, 1.165) is 5.56 Å². The highest BCUT2D eigenvalue weighted by molar-refractivity contribution is 5.19. The van der Waals surface area contributed by atoms with Gasteiger partial charge in [-0.25, -0.2) is 0 Å². The van der Waals surface area contributed by atoms with Crippen LogP contribution in [0.4, 0.5) is 13.2 Å². The third-order valence-electron chi connectivity index (χ3n) is 3.09. The molecule has 0 saturated heterocycles. The van der Waals surface area contributed by atoms with Gasteiger partial charge in [0.1, 0.15) is 0 Å². The molecule has 0 bridgehead atoms. The first kappa shape index (κ1) is 16.0. The molecular weight excluding hydrogens is 255 g/mol. The third-order valence-corrected chi connectivity index (χ3v) is 3.09. The fourth-order valence-electron chi connectivity index (χ4n) is 2.14. The lowest BCUT2D eigenvalue weighted by molar-refractivity contribution is -0.136. The first-order chi connectivity index (χ1) is 8.98. The Bertz CT molecular complexity index is 353. The maximum absolute atomic E-state index is 12.2. The van der Waals surface area contributed by atoms with Gasteiger partial charge in [0, 0.05) is 19.6 Å². The van der Waals surface area contributed by atoms with E-state index in [4.69, 9.17) is 4.74 Å². The van der Waals surface area contributed by atoms with Gasteiger partial charge in [-0.3, -0.25) is 0 Å². The normalized spacial score (nSPS) is 15.2. The molecule has 0 amide bonds. The van der Waals surface area contributed by atoms with Crippen molar-refractivity contribution < 1.29 is 17.9 Å². The standard InChI is InChI=1S/C14H20F3NO/c1-18-12(9-6-10-14(15,16)17)13(19-2)11-7-4-3-5-8-11/h3-5,7-8,12-13,18H,6,9-10H2,1-2H3. The summed E-state index contributed by atoms with van der Waals surface area (Å²) in [4.78, 5) is 0. The number of rotatable bonds is 7. The molecule has 2 unspecified atom stereocenters. The molecule has 1 aromatic carbocycles. The Labute approximate surface area is 112 Å². The van der Waals surface area contributed by atoms with E-state index in [-0.39, 0.29) is 18.6 Å². The van der Waals surface area contributed by atoms with Gasteiger partial charge in [-0.2, -0.15) is 13.2 Å². The Balaban J connectivity index is 2.61. The largest absolute Gasteiger partial charge is 0.389 e. The van der Waals surface area contributed by atoms with Gasteiger partial charge in [0.25, 0.3) is 0 Å². The van der Waals surface area contributed by atoms with Crippen molar-refractivity contribution in [2.24, 2.45) is 0 Å². The van der Waals surface area contributed by atoms with Crippen LogP contribution in [-0.4, -0.2) is 26.4 Å². The molecular formula is C14H20F3NO. The van der Waals surface area contributed by atoms with Gasteiger partial charge in [0.15, 0.2) is 0 Å². The van der Waals surface area contributed by atoms with E-state index in [2.05, 4.69) is 5.32 Å². The summed E-state index contributed by atoms with van der Waals surface area (Å²) < 4.78 is 41.9. The zero-order valence-electron chi connectivity index (χ0n) is 11.2. The topological polar surface area (TPSA) is 21.3 Å². The van der Waals surface area contributed by atoms with E-state index in [1.165, 1.54) is 0 Å². The maximum Gasteiger partial charge on any atom is 0.389 e. The van der Waals surface area contributed by atoms with Gasteiger partial charge < -0.3 is 10.1 Å². The molecule has 0 fully saturated rings. The summed E-state index contributed by atoms with van der Waals surface area (Å²) in [5.74, 6) is 0. The van der Waals surface area contributed by atoms with Gasteiger partial charge in [-0.15, -0.1) is 0 Å². The number of likely N-dealkylation sites (N-methyl/N-ethyl adjacent to an activating group) is 1. The summed E-state index contributed by atoms with van der Waals surface area (Å²) in [5, 5.41) is 3.05. The third kappa shape index (κ3) is 5.61. The van der Waals surface area contributed by atoms with E-state index >= 15 is 0 Å². The van der Waals surface area contributed by atoms with Crippen molar-refractivity contribution in [1.29, 1.82) is 0 Å². The van der Waals surface area contributed by atoms with Crippen LogP contribution in [0, 0.1) is 0 Å². The van der Waals surface area contributed by atoms with Crippen molar-refractivity contribution in [3.63, 3.8) is 0 Å². The van der Waals surface area contributed by atoms with E-state index in [0.29, 0.717) is 6.42 Å². The summed E-state index contributed by atoms with van der Waals surface area (Å²) in [6.07, 6.45) is -4.56. The summed E-state index contributed by atoms with van der Waals surface area (Å²) in [5.41, 5.74) is 0.969.